The van der Waals surface area contributed by atoms with Gasteiger partial charge in [0.15, 0.2) is 11.0 Å². The molecule has 1 aromatic heterocycles. The molecule has 0 aliphatic heterocycles. The predicted octanol–water partition coefficient (Wildman–Crippen LogP) is 6.23. The fourth-order valence-corrected chi connectivity index (χ4v) is 4.65. The van der Waals surface area contributed by atoms with E-state index in [0.29, 0.717) is 26.6 Å². The number of halogens is 3. The van der Waals surface area contributed by atoms with Gasteiger partial charge in [-0.15, -0.1) is 10.2 Å². The molecule has 180 valence electrons. The normalized spacial score (nSPS) is 12.0. The third kappa shape index (κ3) is 6.53. The van der Waals surface area contributed by atoms with Crippen molar-refractivity contribution < 1.29 is 9.59 Å². The first-order valence-corrected chi connectivity index (χ1v) is 13.0. The van der Waals surface area contributed by atoms with Crippen LogP contribution >= 0.6 is 50.9 Å². The minimum atomic E-state index is -0.418. The number of aromatic nitrogens is 3. The highest BCUT2D eigenvalue weighted by molar-refractivity contribution is 9.10. The van der Waals surface area contributed by atoms with Gasteiger partial charge in [-0.1, -0.05) is 64.7 Å². The number of anilines is 1. The van der Waals surface area contributed by atoms with Gasteiger partial charge in [0.25, 0.3) is 5.91 Å². The van der Waals surface area contributed by atoms with Gasteiger partial charge in [0, 0.05) is 22.8 Å². The third-order valence-corrected chi connectivity index (χ3v) is 7.28. The fourth-order valence-electron chi connectivity index (χ4n) is 3.25. The summed E-state index contributed by atoms with van der Waals surface area (Å²) in [5.74, 6) is 0.551. The number of hydrogen-bond donors (Lipinski definition) is 2. The topological polar surface area (TPSA) is 88.9 Å². The molecule has 0 saturated carbocycles. The zero-order valence-corrected chi connectivity index (χ0v) is 22.9. The number of nitrogens with one attached hydrogen (secondary N) is 2. The molecule has 7 nitrogen and oxygen atoms in total. The Morgan fingerprint density at radius 3 is 2.50 bits per heavy atom. The third-order valence-electron chi connectivity index (χ3n) is 5.03. The molecule has 3 rings (SSSR count). The monoisotopic (exact) mass is 583 g/mol. The summed E-state index contributed by atoms with van der Waals surface area (Å²) in [5, 5.41) is 15.5. The van der Waals surface area contributed by atoms with Crippen LogP contribution in [-0.4, -0.2) is 32.3 Å². The second-order valence-corrected chi connectivity index (χ2v) is 10.6. The SMILES string of the molecule is CC(C)c1cc(Br)ccc1NC(=O)CSc1nnc([C@H](C)NC(=O)c2ccc(Cl)c(Cl)c2)n1C. The van der Waals surface area contributed by atoms with Crippen LogP contribution < -0.4 is 10.6 Å². The van der Waals surface area contributed by atoms with Gasteiger partial charge < -0.3 is 15.2 Å². The molecule has 0 radical (unpaired) electrons. The first-order valence-electron chi connectivity index (χ1n) is 10.4. The lowest BCUT2D eigenvalue weighted by atomic mass is 10.0. The van der Waals surface area contributed by atoms with Crippen molar-refractivity contribution in [3.63, 3.8) is 0 Å². The summed E-state index contributed by atoms with van der Waals surface area (Å²) in [4.78, 5) is 25.1. The predicted molar refractivity (Wildman–Crippen MR) is 141 cm³/mol. The molecule has 0 fully saturated rings. The standard InChI is InChI=1S/C23H24BrCl2N5O2S/c1-12(2)16-10-15(24)6-8-19(16)28-20(32)11-34-23-30-29-21(31(23)4)13(3)27-22(33)14-5-7-17(25)18(26)9-14/h5-10,12-13H,11H2,1-4H3,(H,27,33)(H,28,32)/t13-/m0/s1. The van der Waals surface area contributed by atoms with Crippen LogP contribution in [0.4, 0.5) is 5.69 Å². The summed E-state index contributed by atoms with van der Waals surface area (Å²) < 4.78 is 2.73. The molecular formula is C23H24BrCl2N5O2S. The van der Waals surface area contributed by atoms with Gasteiger partial charge in [0.2, 0.25) is 5.91 Å². The van der Waals surface area contributed by atoms with E-state index in [1.807, 2.05) is 25.1 Å². The summed E-state index contributed by atoms with van der Waals surface area (Å²) in [7, 11) is 1.79. The van der Waals surface area contributed by atoms with Gasteiger partial charge in [0.05, 0.1) is 21.8 Å². The molecule has 0 unspecified atom stereocenters. The van der Waals surface area contributed by atoms with Gasteiger partial charge in [-0.2, -0.15) is 0 Å². The van der Waals surface area contributed by atoms with E-state index in [1.165, 1.54) is 17.8 Å². The fraction of sp³-hybridized carbons (Fsp3) is 0.304. The van der Waals surface area contributed by atoms with Crippen LogP contribution in [0.2, 0.25) is 10.0 Å². The van der Waals surface area contributed by atoms with Gasteiger partial charge in [-0.05, 0) is 54.8 Å². The molecule has 11 heteroatoms. The lowest BCUT2D eigenvalue weighted by Gasteiger charge is -2.15. The van der Waals surface area contributed by atoms with Crippen LogP contribution in [0.1, 0.15) is 54.5 Å². The quantitative estimate of drug-likeness (QED) is 0.306. The Morgan fingerprint density at radius 2 is 1.82 bits per heavy atom. The lowest BCUT2D eigenvalue weighted by Crippen LogP contribution is -2.28. The van der Waals surface area contributed by atoms with E-state index >= 15 is 0 Å². The molecule has 2 amide bonds. The minimum absolute atomic E-state index is 0.139. The van der Waals surface area contributed by atoms with Crippen molar-refractivity contribution in [1.29, 1.82) is 0 Å². The summed E-state index contributed by atoms with van der Waals surface area (Å²) in [6, 6.07) is 10.1. The maximum Gasteiger partial charge on any atom is 0.251 e. The average molecular weight is 585 g/mol. The summed E-state index contributed by atoms with van der Waals surface area (Å²) in [6.07, 6.45) is 0. The number of hydrogen-bond acceptors (Lipinski definition) is 5. The molecule has 0 aliphatic rings. The molecular weight excluding hydrogens is 561 g/mol. The van der Waals surface area contributed by atoms with E-state index in [4.69, 9.17) is 23.2 Å². The molecule has 1 heterocycles. The minimum Gasteiger partial charge on any atom is -0.342 e. The highest BCUT2D eigenvalue weighted by Gasteiger charge is 2.20. The summed E-state index contributed by atoms with van der Waals surface area (Å²) in [6.45, 7) is 5.96. The molecule has 2 N–H and O–H groups in total. The highest BCUT2D eigenvalue weighted by atomic mass is 79.9. The van der Waals surface area contributed by atoms with Crippen molar-refractivity contribution in [2.24, 2.45) is 7.05 Å². The molecule has 34 heavy (non-hydrogen) atoms. The number of carbonyl (C=O) groups excluding carboxylic acids is 2. The molecule has 0 saturated heterocycles. The van der Waals surface area contributed by atoms with Crippen LogP contribution in [0.25, 0.3) is 0 Å². The first-order chi connectivity index (χ1) is 16.1. The van der Waals surface area contributed by atoms with Gasteiger partial charge in [0.1, 0.15) is 0 Å². The van der Waals surface area contributed by atoms with E-state index in [0.717, 1.165) is 15.7 Å². The Morgan fingerprint density at radius 1 is 1.09 bits per heavy atom. The number of amides is 2. The van der Waals surface area contributed by atoms with Crippen molar-refractivity contribution in [2.75, 3.05) is 11.1 Å². The summed E-state index contributed by atoms with van der Waals surface area (Å²) in [5.41, 5.74) is 2.24. The van der Waals surface area contributed by atoms with Crippen molar-refractivity contribution in [1.82, 2.24) is 20.1 Å². The molecule has 0 bridgehead atoms. The van der Waals surface area contributed by atoms with E-state index < -0.39 is 6.04 Å². The van der Waals surface area contributed by atoms with Crippen molar-refractivity contribution >= 4 is 68.4 Å². The number of benzene rings is 2. The Balaban J connectivity index is 1.61. The first kappa shape index (κ1) is 26.5. The molecule has 2 aromatic carbocycles. The number of rotatable bonds is 8. The van der Waals surface area contributed by atoms with E-state index in [-0.39, 0.29) is 23.5 Å². The Labute approximate surface area is 221 Å². The van der Waals surface area contributed by atoms with Crippen LogP contribution in [0.3, 0.4) is 0 Å². The molecule has 3 aromatic rings. The zero-order chi connectivity index (χ0) is 25.0. The number of carbonyl (C=O) groups is 2. The smallest absolute Gasteiger partial charge is 0.251 e. The van der Waals surface area contributed by atoms with Crippen LogP contribution in [0, 0.1) is 0 Å². The highest BCUT2D eigenvalue weighted by Crippen LogP contribution is 2.28. The average Bonchev–Trinajstić information content (AvgIpc) is 3.15. The van der Waals surface area contributed by atoms with Gasteiger partial charge in [-0.3, -0.25) is 9.59 Å². The largest absolute Gasteiger partial charge is 0.342 e. The van der Waals surface area contributed by atoms with Crippen LogP contribution in [0.5, 0.6) is 0 Å². The summed E-state index contributed by atoms with van der Waals surface area (Å²) >= 11 is 16.7. The Bertz CT molecular complexity index is 1220. The van der Waals surface area contributed by atoms with Gasteiger partial charge in [-0.25, -0.2) is 0 Å². The molecule has 0 aliphatic carbocycles. The molecule has 0 spiro atoms. The van der Waals surface area contributed by atoms with Crippen LogP contribution in [0.15, 0.2) is 46.0 Å². The van der Waals surface area contributed by atoms with E-state index in [2.05, 4.69) is 50.6 Å². The van der Waals surface area contributed by atoms with Gasteiger partial charge >= 0.3 is 0 Å². The second-order valence-electron chi connectivity index (χ2n) is 7.95. The maximum atomic E-state index is 12.6. The van der Waals surface area contributed by atoms with E-state index in [9.17, 15) is 9.59 Å². The zero-order valence-electron chi connectivity index (χ0n) is 19.0. The maximum absolute atomic E-state index is 12.6. The van der Waals surface area contributed by atoms with Crippen molar-refractivity contribution in [2.45, 2.75) is 37.9 Å². The molecule has 1 atom stereocenters. The number of nitrogens with zero attached hydrogens (tertiary/aromatic N) is 3. The Kier molecular flexibility index (Phi) is 9.03. The number of thioether (sulfide) groups is 1. The van der Waals surface area contributed by atoms with Crippen LogP contribution in [-0.2, 0) is 11.8 Å². The van der Waals surface area contributed by atoms with Crippen molar-refractivity contribution in [3.8, 4) is 0 Å². The van der Waals surface area contributed by atoms with E-state index in [1.54, 1.807) is 23.7 Å². The second kappa shape index (κ2) is 11.6. The van der Waals surface area contributed by atoms with Crippen molar-refractivity contribution in [3.05, 3.63) is 67.9 Å². The Hall–Kier alpha value is -2.07. The lowest BCUT2D eigenvalue weighted by molar-refractivity contribution is -0.113.